The quantitative estimate of drug-likeness (QED) is 0.369. The van der Waals surface area contributed by atoms with Crippen molar-refractivity contribution < 1.29 is 14.3 Å². The third-order valence-corrected chi connectivity index (χ3v) is 6.13. The van der Waals surface area contributed by atoms with Gasteiger partial charge in [0.15, 0.2) is 0 Å². The van der Waals surface area contributed by atoms with E-state index in [0.717, 1.165) is 48.9 Å². The molecule has 1 aliphatic carbocycles. The molecule has 2 aromatic rings. The minimum atomic E-state index is -0.203. The van der Waals surface area contributed by atoms with Gasteiger partial charge in [0.25, 0.3) is 0 Å². The number of nitrogens with one attached hydrogen (secondary N) is 2. The number of hydrogen-bond donors (Lipinski definition) is 2. The number of halogens is 1. The summed E-state index contributed by atoms with van der Waals surface area (Å²) in [5.41, 5.74) is 3.56. The Morgan fingerprint density at radius 2 is 1.84 bits per heavy atom. The normalized spacial score (nSPS) is 14.9. The maximum absolute atomic E-state index is 12.1. The van der Waals surface area contributed by atoms with E-state index in [1.807, 2.05) is 24.3 Å². The predicted octanol–water partition coefficient (Wildman–Crippen LogP) is 4.90. The van der Waals surface area contributed by atoms with Crippen LogP contribution in [0.1, 0.15) is 42.9 Å². The van der Waals surface area contributed by atoms with Crippen LogP contribution in [0.2, 0.25) is 0 Å². The van der Waals surface area contributed by atoms with Gasteiger partial charge < -0.3 is 15.4 Å². The Balaban J connectivity index is 1.49. The number of hydrogen-bond acceptors (Lipinski definition) is 4. The van der Waals surface area contributed by atoms with Gasteiger partial charge in [-0.1, -0.05) is 40.2 Å². The Bertz CT molecular complexity index is 873. The molecule has 7 heteroatoms. The summed E-state index contributed by atoms with van der Waals surface area (Å²) in [6, 6.07) is 16.3. The molecule has 2 amide bonds. The Morgan fingerprint density at radius 3 is 2.61 bits per heavy atom. The van der Waals surface area contributed by atoms with E-state index in [2.05, 4.69) is 55.7 Å². The highest BCUT2D eigenvalue weighted by atomic mass is 79.9. The maximum Gasteiger partial charge on any atom is 0.319 e. The van der Waals surface area contributed by atoms with Crippen LogP contribution in [0, 0.1) is 0 Å². The number of carbonyl (C=O) groups is 2. The summed E-state index contributed by atoms with van der Waals surface area (Å²) in [6.07, 6.45) is 4.21. The first-order valence-electron chi connectivity index (χ1n) is 10.8. The Kier molecular flexibility index (Phi) is 8.91. The van der Waals surface area contributed by atoms with Crippen molar-refractivity contribution in [3.05, 3.63) is 64.1 Å². The van der Waals surface area contributed by atoms with E-state index in [-0.39, 0.29) is 12.0 Å². The summed E-state index contributed by atoms with van der Waals surface area (Å²) in [6.45, 7) is 2.28. The second-order valence-electron chi connectivity index (χ2n) is 7.71. The number of rotatable bonds is 10. The van der Waals surface area contributed by atoms with Crippen molar-refractivity contribution in [3.63, 3.8) is 0 Å². The molecular weight excluding hydrogens is 458 g/mol. The molecular formula is C24H30BrN3O3. The van der Waals surface area contributed by atoms with Crippen molar-refractivity contribution in [2.75, 3.05) is 32.1 Å². The number of esters is 1. The molecule has 0 heterocycles. The lowest BCUT2D eigenvalue weighted by atomic mass is 10.1. The van der Waals surface area contributed by atoms with Crippen LogP contribution in [0.3, 0.4) is 0 Å². The molecule has 1 atom stereocenters. The van der Waals surface area contributed by atoms with Crippen LogP contribution in [0.25, 0.3) is 0 Å². The first-order chi connectivity index (χ1) is 15.1. The number of nitrogens with zero attached hydrogens (tertiary/aromatic N) is 1. The zero-order chi connectivity index (χ0) is 22.1. The molecule has 0 saturated carbocycles. The van der Waals surface area contributed by atoms with Gasteiger partial charge in [0.2, 0.25) is 0 Å². The second kappa shape index (κ2) is 11.9. The number of fused-ring (bicyclic) bond motifs is 1. The highest BCUT2D eigenvalue weighted by Gasteiger charge is 2.27. The molecule has 0 aromatic heterocycles. The van der Waals surface area contributed by atoms with E-state index in [0.29, 0.717) is 19.0 Å². The molecule has 0 fully saturated rings. The van der Waals surface area contributed by atoms with Gasteiger partial charge in [-0.05, 0) is 67.6 Å². The van der Waals surface area contributed by atoms with Crippen LogP contribution >= 0.6 is 15.9 Å². The van der Waals surface area contributed by atoms with Gasteiger partial charge in [-0.25, -0.2) is 4.79 Å². The van der Waals surface area contributed by atoms with Crippen molar-refractivity contribution in [1.82, 2.24) is 10.2 Å². The summed E-state index contributed by atoms with van der Waals surface area (Å²) in [7, 11) is 1.43. The standard InChI is InChI=1S/C24H30BrN3O3/c1-31-23(29)8-4-16-28(22-14-9-18-6-2-3-7-21(18)22)17-5-15-26-24(30)27-20-12-10-19(25)11-13-20/h2-3,6-7,10-13,22H,4-5,8-9,14-17H2,1H3,(H2,26,27,30)/t22-/m1/s1. The third kappa shape index (κ3) is 7.08. The summed E-state index contributed by atoms with van der Waals surface area (Å²) >= 11 is 3.39. The molecule has 1 aliphatic rings. The van der Waals surface area contributed by atoms with Crippen LogP contribution in [0.15, 0.2) is 53.0 Å². The second-order valence-corrected chi connectivity index (χ2v) is 8.63. The molecule has 0 aliphatic heterocycles. The number of methoxy groups -OCH3 is 1. The van der Waals surface area contributed by atoms with Crippen LogP contribution in [0.5, 0.6) is 0 Å². The third-order valence-electron chi connectivity index (χ3n) is 5.61. The average molecular weight is 488 g/mol. The number of anilines is 1. The molecule has 31 heavy (non-hydrogen) atoms. The number of amides is 2. The van der Waals surface area contributed by atoms with Gasteiger partial charge in [-0.3, -0.25) is 9.69 Å². The fourth-order valence-corrected chi connectivity index (χ4v) is 4.32. The van der Waals surface area contributed by atoms with Crippen molar-refractivity contribution in [2.45, 2.75) is 38.1 Å². The van der Waals surface area contributed by atoms with Gasteiger partial charge in [0, 0.05) is 35.7 Å². The van der Waals surface area contributed by atoms with E-state index in [9.17, 15) is 9.59 Å². The number of ether oxygens (including phenoxy) is 1. The monoisotopic (exact) mass is 487 g/mol. The first-order valence-corrected chi connectivity index (χ1v) is 11.5. The largest absolute Gasteiger partial charge is 0.469 e. The van der Waals surface area contributed by atoms with Crippen molar-refractivity contribution in [1.29, 1.82) is 0 Å². The number of carbonyl (C=O) groups excluding carboxylic acids is 2. The smallest absolute Gasteiger partial charge is 0.319 e. The van der Waals surface area contributed by atoms with E-state index in [1.54, 1.807) is 0 Å². The minimum absolute atomic E-state index is 0.168. The van der Waals surface area contributed by atoms with E-state index in [1.165, 1.54) is 18.2 Å². The molecule has 3 rings (SSSR count). The van der Waals surface area contributed by atoms with E-state index < -0.39 is 0 Å². The SMILES string of the molecule is COC(=O)CCCN(CCCNC(=O)Nc1ccc(Br)cc1)[C@@H]1CCc2ccccc21. The molecule has 2 N–H and O–H groups in total. The van der Waals surface area contributed by atoms with Gasteiger partial charge >= 0.3 is 12.0 Å². The average Bonchev–Trinajstić information content (AvgIpc) is 3.21. The fraction of sp³-hybridized carbons (Fsp3) is 0.417. The summed E-state index contributed by atoms with van der Waals surface area (Å²) in [5.74, 6) is -0.168. The molecule has 0 saturated heterocycles. The lowest BCUT2D eigenvalue weighted by Crippen LogP contribution is -2.34. The molecule has 6 nitrogen and oxygen atoms in total. The van der Waals surface area contributed by atoms with E-state index in [4.69, 9.17) is 4.74 Å². The van der Waals surface area contributed by atoms with Crippen molar-refractivity contribution >= 4 is 33.6 Å². The first kappa shape index (κ1) is 23.3. The minimum Gasteiger partial charge on any atom is -0.469 e. The van der Waals surface area contributed by atoms with Gasteiger partial charge in [-0.2, -0.15) is 0 Å². The number of urea groups is 1. The van der Waals surface area contributed by atoms with Crippen LogP contribution < -0.4 is 10.6 Å². The summed E-state index contributed by atoms with van der Waals surface area (Å²) < 4.78 is 5.75. The number of benzene rings is 2. The Morgan fingerprint density at radius 1 is 1.10 bits per heavy atom. The zero-order valence-corrected chi connectivity index (χ0v) is 19.5. The number of aryl methyl sites for hydroxylation is 1. The van der Waals surface area contributed by atoms with Crippen molar-refractivity contribution in [2.24, 2.45) is 0 Å². The van der Waals surface area contributed by atoms with Crippen LogP contribution in [-0.4, -0.2) is 43.6 Å². The fourth-order valence-electron chi connectivity index (χ4n) is 4.06. The molecule has 2 aromatic carbocycles. The Hall–Kier alpha value is -2.38. The lowest BCUT2D eigenvalue weighted by molar-refractivity contribution is -0.140. The molecule has 0 radical (unpaired) electrons. The highest BCUT2D eigenvalue weighted by Crippen LogP contribution is 2.35. The van der Waals surface area contributed by atoms with Gasteiger partial charge in [0.1, 0.15) is 0 Å². The van der Waals surface area contributed by atoms with Crippen LogP contribution in [0.4, 0.5) is 10.5 Å². The molecule has 0 unspecified atom stereocenters. The molecule has 0 bridgehead atoms. The maximum atomic E-state index is 12.1. The zero-order valence-electron chi connectivity index (χ0n) is 17.9. The summed E-state index contributed by atoms with van der Waals surface area (Å²) in [4.78, 5) is 26.1. The summed E-state index contributed by atoms with van der Waals surface area (Å²) in [5, 5.41) is 5.77. The van der Waals surface area contributed by atoms with Crippen molar-refractivity contribution in [3.8, 4) is 0 Å². The van der Waals surface area contributed by atoms with E-state index >= 15 is 0 Å². The highest BCUT2D eigenvalue weighted by molar-refractivity contribution is 9.10. The lowest BCUT2D eigenvalue weighted by Gasteiger charge is -2.29. The Labute approximate surface area is 192 Å². The van der Waals surface area contributed by atoms with Gasteiger partial charge in [0.05, 0.1) is 7.11 Å². The molecule has 0 spiro atoms. The van der Waals surface area contributed by atoms with Gasteiger partial charge in [-0.15, -0.1) is 0 Å². The molecule has 166 valence electrons. The predicted molar refractivity (Wildman–Crippen MR) is 126 cm³/mol. The van der Waals surface area contributed by atoms with Crippen LogP contribution in [-0.2, 0) is 16.0 Å². The topological polar surface area (TPSA) is 70.7 Å².